The molecule has 0 saturated carbocycles. The molecular weight excluding hydrogens is 340 g/mol. The smallest absolute Gasteiger partial charge is 0.221 e. The molecule has 0 radical (unpaired) electrons. The number of aliphatic hydroxyl groups is 1. The highest BCUT2D eigenvalue weighted by Gasteiger charge is 2.11. The molecule has 27 heavy (non-hydrogen) atoms. The van der Waals surface area contributed by atoms with Gasteiger partial charge in [0.2, 0.25) is 5.91 Å². The topological polar surface area (TPSA) is 63.5 Å². The van der Waals surface area contributed by atoms with Gasteiger partial charge >= 0.3 is 0 Å². The zero-order chi connectivity index (χ0) is 19.2. The number of hydrogen-bond donors (Lipinski definition) is 2. The Bertz CT molecular complexity index is 897. The SMILES string of the molecule is Cc1cccc(C)c1OC[C@H](O)CNC(=O)CCn1ccc2ccccc21. The van der Waals surface area contributed by atoms with Gasteiger partial charge in [-0.3, -0.25) is 4.79 Å². The summed E-state index contributed by atoms with van der Waals surface area (Å²) in [6, 6.07) is 16.1. The Morgan fingerprint density at radius 1 is 1.11 bits per heavy atom. The summed E-state index contributed by atoms with van der Waals surface area (Å²) in [5, 5.41) is 14.0. The van der Waals surface area contributed by atoms with Crippen LogP contribution in [0.15, 0.2) is 54.7 Å². The molecule has 0 saturated heterocycles. The molecule has 0 aliphatic rings. The van der Waals surface area contributed by atoms with E-state index in [9.17, 15) is 9.90 Å². The van der Waals surface area contributed by atoms with Crippen LogP contribution >= 0.6 is 0 Å². The molecule has 142 valence electrons. The number of amides is 1. The molecular formula is C22H26N2O3. The number of aromatic nitrogens is 1. The standard InChI is InChI=1S/C22H26N2O3/c1-16-6-5-7-17(2)22(16)27-15-19(25)14-23-21(26)11-13-24-12-10-18-8-3-4-9-20(18)24/h3-10,12,19,25H,11,13-15H2,1-2H3,(H,23,26)/t19-/m1/s1. The van der Waals surface area contributed by atoms with Gasteiger partial charge in [0, 0.05) is 31.2 Å². The number of ether oxygens (including phenoxy) is 1. The van der Waals surface area contributed by atoms with E-state index < -0.39 is 6.10 Å². The van der Waals surface area contributed by atoms with Gasteiger partial charge in [-0.15, -0.1) is 0 Å². The maximum absolute atomic E-state index is 12.1. The third-order valence-corrected chi connectivity index (χ3v) is 4.62. The lowest BCUT2D eigenvalue weighted by molar-refractivity contribution is -0.121. The number of aryl methyl sites for hydroxylation is 3. The van der Waals surface area contributed by atoms with Crippen LogP contribution in [-0.4, -0.2) is 34.8 Å². The summed E-state index contributed by atoms with van der Waals surface area (Å²) in [4.78, 5) is 12.1. The Morgan fingerprint density at radius 2 is 1.85 bits per heavy atom. The molecule has 1 amide bonds. The Labute approximate surface area is 159 Å². The number of nitrogens with zero attached hydrogens (tertiary/aromatic N) is 1. The molecule has 1 atom stereocenters. The number of para-hydroxylation sites is 2. The number of nitrogens with one attached hydrogen (secondary N) is 1. The van der Waals surface area contributed by atoms with Crippen molar-refractivity contribution < 1.29 is 14.6 Å². The van der Waals surface area contributed by atoms with E-state index in [1.165, 1.54) is 0 Å². The lowest BCUT2D eigenvalue weighted by Crippen LogP contribution is -2.35. The molecule has 0 unspecified atom stereocenters. The van der Waals surface area contributed by atoms with Gasteiger partial charge in [-0.1, -0.05) is 36.4 Å². The maximum atomic E-state index is 12.1. The maximum Gasteiger partial charge on any atom is 0.221 e. The molecule has 0 spiro atoms. The number of aliphatic hydroxyl groups excluding tert-OH is 1. The van der Waals surface area contributed by atoms with Crippen molar-refractivity contribution in [3.8, 4) is 5.75 Å². The second-order valence-corrected chi connectivity index (χ2v) is 6.81. The van der Waals surface area contributed by atoms with Gasteiger partial charge in [-0.2, -0.15) is 0 Å². The fourth-order valence-electron chi connectivity index (χ4n) is 3.14. The van der Waals surface area contributed by atoms with E-state index in [2.05, 4.69) is 16.0 Å². The van der Waals surface area contributed by atoms with Crippen molar-refractivity contribution in [2.24, 2.45) is 0 Å². The van der Waals surface area contributed by atoms with Crippen LogP contribution in [0.1, 0.15) is 17.5 Å². The van der Waals surface area contributed by atoms with Crippen LogP contribution in [0.5, 0.6) is 5.75 Å². The molecule has 1 aromatic heterocycles. The average Bonchev–Trinajstić information content (AvgIpc) is 3.07. The van der Waals surface area contributed by atoms with E-state index in [1.54, 1.807) is 0 Å². The van der Waals surface area contributed by atoms with Crippen molar-refractivity contribution in [3.63, 3.8) is 0 Å². The van der Waals surface area contributed by atoms with Crippen LogP contribution in [0.25, 0.3) is 10.9 Å². The minimum atomic E-state index is -0.750. The van der Waals surface area contributed by atoms with Crippen LogP contribution in [0.2, 0.25) is 0 Å². The predicted octanol–water partition coefficient (Wildman–Crippen LogP) is 3.20. The number of benzene rings is 2. The van der Waals surface area contributed by atoms with Crippen molar-refractivity contribution in [2.45, 2.75) is 32.9 Å². The summed E-state index contributed by atoms with van der Waals surface area (Å²) in [6.45, 7) is 4.88. The molecule has 1 heterocycles. The van der Waals surface area contributed by atoms with Crippen molar-refractivity contribution in [1.29, 1.82) is 0 Å². The molecule has 2 aromatic carbocycles. The molecule has 2 N–H and O–H groups in total. The Hall–Kier alpha value is -2.79. The largest absolute Gasteiger partial charge is 0.490 e. The Balaban J connectivity index is 1.42. The summed E-state index contributed by atoms with van der Waals surface area (Å²) in [5.74, 6) is 0.710. The first-order chi connectivity index (χ1) is 13.0. The summed E-state index contributed by atoms with van der Waals surface area (Å²) < 4.78 is 7.79. The number of carbonyl (C=O) groups excluding carboxylic acids is 1. The van der Waals surface area contributed by atoms with Gasteiger partial charge < -0.3 is 19.7 Å². The average molecular weight is 366 g/mol. The normalized spacial score (nSPS) is 12.1. The highest BCUT2D eigenvalue weighted by molar-refractivity contribution is 5.80. The van der Waals surface area contributed by atoms with E-state index >= 15 is 0 Å². The minimum Gasteiger partial charge on any atom is -0.490 e. The molecule has 5 heteroatoms. The minimum absolute atomic E-state index is 0.0843. The van der Waals surface area contributed by atoms with Gasteiger partial charge in [0.15, 0.2) is 0 Å². The predicted molar refractivity (Wildman–Crippen MR) is 107 cm³/mol. The van der Waals surface area contributed by atoms with E-state index in [0.717, 1.165) is 27.8 Å². The van der Waals surface area contributed by atoms with Crippen LogP contribution < -0.4 is 10.1 Å². The molecule has 3 rings (SSSR count). The number of hydrogen-bond acceptors (Lipinski definition) is 3. The zero-order valence-electron chi connectivity index (χ0n) is 15.8. The Kier molecular flexibility index (Phi) is 6.14. The van der Waals surface area contributed by atoms with E-state index in [-0.39, 0.29) is 19.1 Å². The second kappa shape index (κ2) is 8.73. The summed E-state index contributed by atoms with van der Waals surface area (Å²) in [6.07, 6.45) is 1.61. The van der Waals surface area contributed by atoms with Crippen LogP contribution in [-0.2, 0) is 11.3 Å². The Morgan fingerprint density at radius 3 is 2.63 bits per heavy atom. The van der Waals surface area contributed by atoms with Gasteiger partial charge in [-0.05, 0) is 42.5 Å². The summed E-state index contributed by atoms with van der Waals surface area (Å²) in [7, 11) is 0. The second-order valence-electron chi connectivity index (χ2n) is 6.81. The molecule has 0 bridgehead atoms. The third-order valence-electron chi connectivity index (χ3n) is 4.62. The number of fused-ring (bicyclic) bond motifs is 1. The molecule has 0 aliphatic carbocycles. The lowest BCUT2D eigenvalue weighted by Gasteiger charge is -2.16. The first-order valence-electron chi connectivity index (χ1n) is 9.22. The van der Waals surface area contributed by atoms with Crippen LogP contribution in [0.3, 0.4) is 0 Å². The van der Waals surface area contributed by atoms with Gasteiger partial charge in [0.05, 0.1) is 0 Å². The third kappa shape index (κ3) is 4.89. The summed E-state index contributed by atoms with van der Waals surface area (Å²) >= 11 is 0. The van der Waals surface area contributed by atoms with E-state index in [4.69, 9.17) is 4.74 Å². The fraction of sp³-hybridized carbons (Fsp3) is 0.318. The van der Waals surface area contributed by atoms with Crippen LogP contribution in [0.4, 0.5) is 0 Å². The number of rotatable bonds is 8. The monoisotopic (exact) mass is 366 g/mol. The molecule has 0 fully saturated rings. The van der Waals surface area contributed by atoms with Crippen molar-refractivity contribution in [2.75, 3.05) is 13.2 Å². The molecule has 0 aliphatic heterocycles. The van der Waals surface area contributed by atoms with Crippen molar-refractivity contribution in [3.05, 3.63) is 65.9 Å². The first kappa shape index (κ1) is 19.0. The lowest BCUT2D eigenvalue weighted by atomic mass is 10.1. The highest BCUT2D eigenvalue weighted by Crippen LogP contribution is 2.22. The van der Waals surface area contributed by atoms with Crippen molar-refractivity contribution >= 4 is 16.8 Å². The van der Waals surface area contributed by atoms with E-state index in [1.807, 2.05) is 62.5 Å². The highest BCUT2D eigenvalue weighted by atomic mass is 16.5. The number of carbonyl (C=O) groups is 1. The van der Waals surface area contributed by atoms with Crippen LogP contribution in [0, 0.1) is 13.8 Å². The molecule has 5 nitrogen and oxygen atoms in total. The molecule has 3 aromatic rings. The van der Waals surface area contributed by atoms with Gasteiger partial charge in [-0.25, -0.2) is 0 Å². The first-order valence-corrected chi connectivity index (χ1v) is 9.22. The summed E-state index contributed by atoms with van der Waals surface area (Å²) in [5.41, 5.74) is 3.18. The van der Waals surface area contributed by atoms with Gasteiger partial charge in [0.25, 0.3) is 0 Å². The van der Waals surface area contributed by atoms with Gasteiger partial charge in [0.1, 0.15) is 18.5 Å². The zero-order valence-corrected chi connectivity index (χ0v) is 15.8. The van der Waals surface area contributed by atoms with E-state index in [0.29, 0.717) is 13.0 Å². The fourth-order valence-corrected chi connectivity index (χ4v) is 3.14. The van der Waals surface area contributed by atoms with Crippen molar-refractivity contribution in [1.82, 2.24) is 9.88 Å². The quantitative estimate of drug-likeness (QED) is 0.643.